The van der Waals surface area contributed by atoms with Crippen molar-refractivity contribution < 1.29 is 5.11 Å². The highest BCUT2D eigenvalue weighted by molar-refractivity contribution is 8.23. The van der Waals surface area contributed by atoms with E-state index in [1.54, 1.807) is 11.8 Å². The van der Waals surface area contributed by atoms with Crippen LogP contribution in [0.5, 0.6) is 0 Å². The minimum absolute atomic E-state index is 0.0476. The lowest BCUT2D eigenvalue weighted by Crippen LogP contribution is -1.96. The molecule has 0 aromatic heterocycles. The molecule has 1 N–H and O–H groups in total. The van der Waals surface area contributed by atoms with Crippen molar-refractivity contribution in [2.75, 3.05) is 12.4 Å². The van der Waals surface area contributed by atoms with Gasteiger partial charge in [-0.3, -0.25) is 0 Å². The molecule has 0 saturated heterocycles. The molecule has 1 nitrogen and oxygen atoms in total. The summed E-state index contributed by atoms with van der Waals surface area (Å²) in [5, 5.41) is 8.65. The molecule has 0 radical (unpaired) electrons. The first-order valence-corrected chi connectivity index (χ1v) is 6.32. The molecule has 0 rings (SSSR count). The van der Waals surface area contributed by atoms with Crippen LogP contribution in [0.1, 0.15) is 39.5 Å². The summed E-state index contributed by atoms with van der Waals surface area (Å²) in [5.41, 5.74) is 0. The average Bonchev–Trinajstić information content (AvgIpc) is 2.10. The van der Waals surface area contributed by atoms with Gasteiger partial charge in [-0.05, 0) is 18.1 Å². The molecular weight excluding hydrogens is 200 g/mol. The molecule has 0 aliphatic rings. The Morgan fingerprint density at radius 2 is 2.00 bits per heavy atom. The van der Waals surface area contributed by atoms with Gasteiger partial charge in [0.2, 0.25) is 0 Å². The monoisotopic (exact) mass is 220 g/mol. The minimum Gasteiger partial charge on any atom is -0.390 e. The average molecular weight is 220 g/mol. The summed E-state index contributed by atoms with van der Waals surface area (Å²) in [6, 6.07) is 0. The van der Waals surface area contributed by atoms with Crippen LogP contribution in [0.15, 0.2) is 0 Å². The molecule has 0 unspecified atom stereocenters. The zero-order valence-corrected chi connectivity index (χ0v) is 10.2. The first-order chi connectivity index (χ1) is 6.16. The highest BCUT2D eigenvalue weighted by Crippen LogP contribution is 2.12. The van der Waals surface area contributed by atoms with Crippen LogP contribution < -0.4 is 0 Å². The van der Waals surface area contributed by atoms with E-state index in [-0.39, 0.29) is 6.61 Å². The van der Waals surface area contributed by atoms with Crippen LogP contribution >= 0.6 is 24.0 Å². The maximum absolute atomic E-state index is 8.65. The third-order valence-corrected chi connectivity index (χ3v) is 3.24. The van der Waals surface area contributed by atoms with Crippen LogP contribution in [0.25, 0.3) is 0 Å². The number of hydrogen-bond acceptors (Lipinski definition) is 3. The van der Waals surface area contributed by atoms with E-state index in [0.717, 1.165) is 15.9 Å². The molecule has 0 bridgehead atoms. The molecule has 0 atom stereocenters. The van der Waals surface area contributed by atoms with Gasteiger partial charge in [-0.2, -0.15) is 0 Å². The zero-order valence-electron chi connectivity index (χ0n) is 8.58. The summed E-state index contributed by atoms with van der Waals surface area (Å²) in [5.74, 6) is 1.89. The molecule has 3 heteroatoms. The van der Waals surface area contributed by atoms with Gasteiger partial charge in [0.05, 0.1) is 10.8 Å². The summed E-state index contributed by atoms with van der Waals surface area (Å²) in [7, 11) is 0. The van der Waals surface area contributed by atoms with Crippen LogP contribution in [0.3, 0.4) is 0 Å². The Balaban J connectivity index is 3.04. The van der Waals surface area contributed by atoms with E-state index in [4.69, 9.17) is 17.3 Å². The summed E-state index contributed by atoms with van der Waals surface area (Å²) in [6.07, 6.45) is 5.16. The molecule has 0 saturated carbocycles. The van der Waals surface area contributed by atoms with Crippen LogP contribution in [0.4, 0.5) is 0 Å². The molecule has 78 valence electrons. The van der Waals surface area contributed by atoms with Gasteiger partial charge >= 0.3 is 0 Å². The van der Waals surface area contributed by atoms with Crippen LogP contribution in [-0.2, 0) is 0 Å². The quantitative estimate of drug-likeness (QED) is 0.525. The number of thiocarbonyl (C=S) groups is 1. The predicted octanol–water partition coefficient (Wildman–Crippen LogP) is 3.26. The highest BCUT2D eigenvalue weighted by Gasteiger charge is 1.96. The van der Waals surface area contributed by atoms with E-state index in [1.807, 2.05) is 0 Å². The van der Waals surface area contributed by atoms with Gasteiger partial charge in [0.1, 0.15) is 0 Å². The van der Waals surface area contributed by atoms with Gasteiger partial charge in [-0.15, -0.1) is 11.8 Å². The highest BCUT2D eigenvalue weighted by atomic mass is 32.2. The zero-order chi connectivity index (χ0) is 10.1. The molecule has 0 spiro atoms. The van der Waals surface area contributed by atoms with Gasteiger partial charge in [-0.25, -0.2) is 0 Å². The molecule has 0 aliphatic carbocycles. The SMILES string of the molecule is CC(C)CCCCCSC(=S)CO. The molecule has 0 heterocycles. The molecular formula is C10H20OS2. The summed E-state index contributed by atoms with van der Waals surface area (Å²) >= 11 is 6.50. The number of rotatable bonds is 7. The Morgan fingerprint density at radius 1 is 1.31 bits per heavy atom. The molecule has 0 aromatic carbocycles. The maximum Gasteiger partial charge on any atom is 0.0842 e. The fourth-order valence-electron chi connectivity index (χ4n) is 1.06. The van der Waals surface area contributed by atoms with E-state index < -0.39 is 0 Å². The van der Waals surface area contributed by atoms with Crippen molar-refractivity contribution in [2.24, 2.45) is 5.92 Å². The van der Waals surface area contributed by atoms with Crippen LogP contribution in [-0.4, -0.2) is 21.7 Å². The second kappa shape index (κ2) is 8.97. The van der Waals surface area contributed by atoms with Gasteiger partial charge < -0.3 is 5.11 Å². The van der Waals surface area contributed by atoms with Crippen molar-refractivity contribution in [1.82, 2.24) is 0 Å². The van der Waals surface area contributed by atoms with Gasteiger partial charge in [0.25, 0.3) is 0 Å². The second-order valence-electron chi connectivity index (χ2n) is 3.62. The summed E-state index contributed by atoms with van der Waals surface area (Å²) < 4.78 is 0.726. The number of aliphatic hydroxyl groups excluding tert-OH is 1. The molecule has 0 aliphatic heterocycles. The first kappa shape index (κ1) is 13.4. The van der Waals surface area contributed by atoms with Crippen molar-refractivity contribution in [1.29, 1.82) is 0 Å². The summed E-state index contributed by atoms with van der Waals surface area (Å²) in [6.45, 7) is 4.57. The molecule has 0 amide bonds. The Morgan fingerprint density at radius 3 is 2.54 bits per heavy atom. The Bertz CT molecular complexity index is 135. The Labute approximate surface area is 91.3 Å². The maximum atomic E-state index is 8.65. The number of thioether (sulfide) groups is 1. The molecule has 13 heavy (non-hydrogen) atoms. The summed E-state index contributed by atoms with van der Waals surface area (Å²) in [4.78, 5) is 0. The van der Waals surface area contributed by atoms with E-state index >= 15 is 0 Å². The van der Waals surface area contributed by atoms with Crippen molar-refractivity contribution in [3.8, 4) is 0 Å². The smallest absolute Gasteiger partial charge is 0.0842 e. The molecule has 0 fully saturated rings. The first-order valence-electron chi connectivity index (χ1n) is 4.93. The third kappa shape index (κ3) is 10.3. The third-order valence-electron chi connectivity index (χ3n) is 1.82. The van der Waals surface area contributed by atoms with Crippen molar-refractivity contribution >= 4 is 28.2 Å². The van der Waals surface area contributed by atoms with Gasteiger partial charge in [0.15, 0.2) is 0 Å². The lowest BCUT2D eigenvalue weighted by molar-refractivity contribution is 0.362. The van der Waals surface area contributed by atoms with Crippen LogP contribution in [0.2, 0.25) is 0 Å². The second-order valence-corrected chi connectivity index (χ2v) is 5.56. The van der Waals surface area contributed by atoms with E-state index in [9.17, 15) is 0 Å². The van der Waals surface area contributed by atoms with Crippen molar-refractivity contribution in [3.05, 3.63) is 0 Å². The fraction of sp³-hybridized carbons (Fsp3) is 0.900. The van der Waals surface area contributed by atoms with Crippen molar-refractivity contribution in [2.45, 2.75) is 39.5 Å². The number of aliphatic hydroxyl groups is 1. The normalized spacial score (nSPS) is 10.8. The lowest BCUT2D eigenvalue weighted by Gasteiger charge is -2.03. The largest absolute Gasteiger partial charge is 0.390 e. The topological polar surface area (TPSA) is 20.2 Å². The van der Waals surface area contributed by atoms with Crippen molar-refractivity contribution in [3.63, 3.8) is 0 Å². The van der Waals surface area contributed by atoms with Gasteiger partial charge in [0, 0.05) is 0 Å². The Hall–Kier alpha value is 0.400. The standard InChI is InChI=1S/C10H20OS2/c1-9(2)6-4-3-5-7-13-10(12)8-11/h9,11H,3-8H2,1-2H3. The lowest BCUT2D eigenvalue weighted by atomic mass is 10.1. The van der Waals surface area contributed by atoms with E-state index in [2.05, 4.69) is 13.8 Å². The number of hydrogen-bond donors (Lipinski definition) is 1. The minimum atomic E-state index is 0.0476. The predicted molar refractivity (Wildman–Crippen MR) is 65.4 cm³/mol. The van der Waals surface area contributed by atoms with Gasteiger partial charge in [-0.1, -0.05) is 45.3 Å². The number of unbranched alkanes of at least 4 members (excludes halogenated alkanes) is 2. The molecule has 0 aromatic rings. The van der Waals surface area contributed by atoms with Crippen LogP contribution in [0, 0.1) is 5.92 Å². The fourth-order valence-corrected chi connectivity index (χ4v) is 1.98. The Kier molecular flexibility index (Phi) is 9.25. The van der Waals surface area contributed by atoms with E-state index in [0.29, 0.717) is 0 Å². The van der Waals surface area contributed by atoms with E-state index in [1.165, 1.54) is 25.7 Å².